The van der Waals surface area contributed by atoms with E-state index in [2.05, 4.69) is 21.4 Å². The van der Waals surface area contributed by atoms with E-state index in [1.807, 2.05) is 0 Å². The Kier molecular flexibility index (Phi) is 4.65. The van der Waals surface area contributed by atoms with E-state index in [-0.39, 0.29) is 11.1 Å². The number of hydrazine groups is 1. The van der Waals surface area contributed by atoms with Crippen molar-refractivity contribution < 1.29 is 17.6 Å². The summed E-state index contributed by atoms with van der Waals surface area (Å²) in [4.78, 5) is 0. The van der Waals surface area contributed by atoms with Gasteiger partial charge in [0, 0.05) is 10.0 Å². The third-order valence-corrected chi connectivity index (χ3v) is 3.69. The van der Waals surface area contributed by atoms with Gasteiger partial charge >= 0.3 is 6.18 Å². The average Bonchev–Trinajstić information content (AvgIpc) is 2.42. The van der Waals surface area contributed by atoms with Crippen LogP contribution in [0.15, 0.2) is 46.9 Å². The molecule has 0 fully saturated rings. The molecule has 3 N–H and O–H groups in total. The number of benzene rings is 2. The monoisotopic (exact) mass is 362 g/mol. The van der Waals surface area contributed by atoms with Gasteiger partial charge in [-0.25, -0.2) is 9.82 Å². The van der Waals surface area contributed by atoms with Crippen LogP contribution in [0, 0.1) is 5.82 Å². The molecule has 0 heterocycles. The molecule has 0 radical (unpaired) electrons. The Morgan fingerprint density at radius 2 is 1.76 bits per heavy atom. The van der Waals surface area contributed by atoms with Crippen LogP contribution in [0.1, 0.15) is 22.7 Å². The lowest BCUT2D eigenvalue weighted by Gasteiger charge is -2.20. The molecule has 0 amide bonds. The van der Waals surface area contributed by atoms with Gasteiger partial charge in [-0.3, -0.25) is 5.84 Å². The maximum Gasteiger partial charge on any atom is 0.416 e. The van der Waals surface area contributed by atoms with E-state index >= 15 is 0 Å². The maximum absolute atomic E-state index is 14.0. The first kappa shape index (κ1) is 15.9. The summed E-state index contributed by atoms with van der Waals surface area (Å²) >= 11 is 3.19. The summed E-state index contributed by atoms with van der Waals surface area (Å²) in [7, 11) is 0. The molecule has 0 aliphatic carbocycles. The van der Waals surface area contributed by atoms with E-state index in [1.165, 1.54) is 24.3 Å². The van der Waals surface area contributed by atoms with Crippen LogP contribution < -0.4 is 11.3 Å². The van der Waals surface area contributed by atoms with Gasteiger partial charge in [0.1, 0.15) is 5.82 Å². The molecule has 0 aromatic heterocycles. The van der Waals surface area contributed by atoms with Crippen molar-refractivity contribution in [2.75, 3.05) is 0 Å². The molecule has 2 aromatic rings. The lowest BCUT2D eigenvalue weighted by Crippen LogP contribution is -2.30. The first-order valence-electron chi connectivity index (χ1n) is 5.91. The van der Waals surface area contributed by atoms with Crippen LogP contribution in [0.5, 0.6) is 0 Å². The van der Waals surface area contributed by atoms with E-state index in [0.29, 0.717) is 4.47 Å². The first-order valence-corrected chi connectivity index (χ1v) is 6.71. The summed E-state index contributed by atoms with van der Waals surface area (Å²) in [6.07, 6.45) is -4.47. The minimum atomic E-state index is -4.47. The molecule has 0 aliphatic rings. The number of nitrogens with one attached hydrogen (secondary N) is 1. The highest BCUT2D eigenvalue weighted by molar-refractivity contribution is 9.10. The van der Waals surface area contributed by atoms with Gasteiger partial charge in [0.15, 0.2) is 0 Å². The maximum atomic E-state index is 14.0. The molecule has 2 rings (SSSR count). The third-order valence-electron chi connectivity index (χ3n) is 3.00. The predicted octanol–water partition coefficient (Wildman–Crippen LogP) is 4.16. The Hall–Kier alpha value is -1.44. The smallest absolute Gasteiger partial charge is 0.271 e. The molecule has 21 heavy (non-hydrogen) atoms. The number of halogens is 5. The van der Waals surface area contributed by atoms with Crippen molar-refractivity contribution in [2.45, 2.75) is 12.2 Å². The van der Waals surface area contributed by atoms with Crippen molar-refractivity contribution in [1.82, 2.24) is 5.43 Å². The second kappa shape index (κ2) is 6.13. The first-order chi connectivity index (χ1) is 9.84. The Morgan fingerprint density at radius 1 is 1.10 bits per heavy atom. The van der Waals surface area contributed by atoms with Gasteiger partial charge in [-0.05, 0) is 29.8 Å². The summed E-state index contributed by atoms with van der Waals surface area (Å²) in [5.41, 5.74) is 1.92. The van der Waals surface area contributed by atoms with Gasteiger partial charge in [0.2, 0.25) is 0 Å². The van der Waals surface area contributed by atoms with Crippen molar-refractivity contribution in [2.24, 2.45) is 5.84 Å². The van der Waals surface area contributed by atoms with Crippen LogP contribution in [0.2, 0.25) is 0 Å². The quantitative estimate of drug-likeness (QED) is 0.488. The summed E-state index contributed by atoms with van der Waals surface area (Å²) in [5, 5.41) is 0. The minimum Gasteiger partial charge on any atom is -0.271 e. The SMILES string of the molecule is NNC(c1cccc(C(F)(F)F)c1)c1c(F)cccc1Br. The van der Waals surface area contributed by atoms with Crippen LogP contribution >= 0.6 is 15.9 Å². The van der Waals surface area contributed by atoms with Crippen molar-refractivity contribution in [3.8, 4) is 0 Å². The van der Waals surface area contributed by atoms with Crippen molar-refractivity contribution in [3.63, 3.8) is 0 Å². The summed E-state index contributed by atoms with van der Waals surface area (Å²) < 4.78 is 52.7. The lowest BCUT2D eigenvalue weighted by molar-refractivity contribution is -0.137. The molecule has 0 saturated heterocycles. The van der Waals surface area contributed by atoms with Crippen molar-refractivity contribution in [1.29, 1.82) is 0 Å². The fourth-order valence-corrected chi connectivity index (χ4v) is 2.60. The summed E-state index contributed by atoms with van der Waals surface area (Å²) in [5.74, 6) is 4.85. The largest absolute Gasteiger partial charge is 0.416 e. The zero-order valence-electron chi connectivity index (χ0n) is 10.6. The van der Waals surface area contributed by atoms with Crippen LogP contribution in [0.4, 0.5) is 17.6 Å². The number of hydrogen-bond donors (Lipinski definition) is 2. The van der Waals surface area contributed by atoms with Crippen LogP contribution in [0.3, 0.4) is 0 Å². The molecule has 7 heteroatoms. The van der Waals surface area contributed by atoms with E-state index in [1.54, 1.807) is 6.07 Å². The van der Waals surface area contributed by atoms with Crippen LogP contribution in [-0.4, -0.2) is 0 Å². The Labute approximate surface area is 127 Å². The van der Waals surface area contributed by atoms with E-state index in [0.717, 1.165) is 12.1 Å². The Morgan fingerprint density at radius 3 is 2.33 bits per heavy atom. The van der Waals surface area contributed by atoms with Gasteiger partial charge in [-0.2, -0.15) is 13.2 Å². The predicted molar refractivity (Wildman–Crippen MR) is 74.7 cm³/mol. The molecular formula is C14H11BrF4N2. The molecule has 0 aliphatic heterocycles. The summed E-state index contributed by atoms with van der Waals surface area (Å²) in [6, 6.07) is 8.02. The third kappa shape index (κ3) is 3.42. The molecule has 0 saturated carbocycles. The molecular weight excluding hydrogens is 352 g/mol. The average molecular weight is 363 g/mol. The second-order valence-corrected chi connectivity index (χ2v) is 5.21. The zero-order valence-corrected chi connectivity index (χ0v) is 12.2. The topological polar surface area (TPSA) is 38.0 Å². The van der Waals surface area contributed by atoms with Crippen LogP contribution in [0.25, 0.3) is 0 Å². The van der Waals surface area contributed by atoms with E-state index in [4.69, 9.17) is 5.84 Å². The standard InChI is InChI=1S/C14H11BrF4N2/c15-10-5-2-6-11(16)12(10)13(21-20)8-3-1-4-9(7-8)14(17,18)19/h1-7,13,21H,20H2. The number of hydrogen-bond acceptors (Lipinski definition) is 2. The van der Waals surface area contributed by atoms with Gasteiger partial charge in [0.05, 0.1) is 11.6 Å². The molecule has 112 valence electrons. The highest BCUT2D eigenvalue weighted by Crippen LogP contribution is 2.34. The number of alkyl halides is 3. The second-order valence-electron chi connectivity index (χ2n) is 4.36. The summed E-state index contributed by atoms with van der Waals surface area (Å²) in [6.45, 7) is 0. The molecule has 1 unspecified atom stereocenters. The van der Waals surface area contributed by atoms with Gasteiger partial charge < -0.3 is 0 Å². The fraction of sp³-hybridized carbons (Fsp3) is 0.143. The Bertz CT molecular complexity index is 623. The molecule has 0 spiro atoms. The molecule has 2 nitrogen and oxygen atoms in total. The molecule has 0 bridgehead atoms. The van der Waals surface area contributed by atoms with E-state index < -0.39 is 23.6 Å². The van der Waals surface area contributed by atoms with Crippen molar-refractivity contribution >= 4 is 15.9 Å². The highest BCUT2D eigenvalue weighted by atomic mass is 79.9. The van der Waals surface area contributed by atoms with Gasteiger partial charge in [0.25, 0.3) is 0 Å². The molecule has 2 aromatic carbocycles. The van der Waals surface area contributed by atoms with Crippen LogP contribution in [-0.2, 0) is 6.18 Å². The highest BCUT2D eigenvalue weighted by Gasteiger charge is 2.31. The Balaban J connectivity index is 2.52. The van der Waals surface area contributed by atoms with Crippen molar-refractivity contribution in [3.05, 3.63) is 69.4 Å². The normalized spacial score (nSPS) is 13.2. The van der Waals surface area contributed by atoms with Gasteiger partial charge in [-0.1, -0.05) is 34.1 Å². The minimum absolute atomic E-state index is 0.152. The number of nitrogens with two attached hydrogens (primary N) is 1. The fourth-order valence-electron chi connectivity index (χ4n) is 2.03. The van der Waals surface area contributed by atoms with E-state index in [9.17, 15) is 17.6 Å². The molecule has 1 atom stereocenters. The lowest BCUT2D eigenvalue weighted by atomic mass is 9.97. The number of rotatable bonds is 3. The zero-order chi connectivity index (χ0) is 15.6. The van der Waals surface area contributed by atoms with Gasteiger partial charge in [-0.15, -0.1) is 0 Å².